The maximum atomic E-state index is 13.7. The Labute approximate surface area is 234 Å². The van der Waals surface area contributed by atoms with E-state index < -0.39 is 17.7 Å². The molecule has 1 aliphatic rings. The van der Waals surface area contributed by atoms with Crippen molar-refractivity contribution in [2.24, 2.45) is 0 Å². The fraction of sp³-hybridized carbons (Fsp3) is 0.273. The summed E-state index contributed by atoms with van der Waals surface area (Å²) in [7, 11) is 3.88. The summed E-state index contributed by atoms with van der Waals surface area (Å²) in [5, 5.41) is 12.6. The second kappa shape index (κ2) is 10.2. The first-order valence-electron chi connectivity index (χ1n) is 13.4. The fourth-order valence-electron chi connectivity index (χ4n) is 5.32. The highest BCUT2D eigenvalue weighted by atomic mass is 16.5. The lowest BCUT2D eigenvalue weighted by molar-refractivity contribution is -0.132. The number of ketones is 1. The molecule has 7 heteroatoms. The number of carbonyl (C=O) groups is 2. The van der Waals surface area contributed by atoms with Crippen LogP contribution in [-0.4, -0.2) is 42.5 Å². The van der Waals surface area contributed by atoms with Gasteiger partial charge in [-0.3, -0.25) is 14.5 Å². The summed E-state index contributed by atoms with van der Waals surface area (Å²) in [5.74, 6) is -0.900. The minimum absolute atomic E-state index is 0.0514. The molecule has 1 aliphatic heterocycles. The predicted octanol–water partition coefficient (Wildman–Crippen LogP) is 6.56. The first kappa shape index (κ1) is 27.1. The minimum atomic E-state index is -0.828. The molecule has 1 amide bonds. The molecule has 1 saturated heterocycles. The lowest BCUT2D eigenvalue weighted by atomic mass is 9.84. The number of aliphatic hydroxyl groups is 1. The van der Waals surface area contributed by atoms with E-state index in [0.717, 1.165) is 33.5 Å². The van der Waals surface area contributed by atoms with E-state index in [0.29, 0.717) is 17.9 Å². The molecule has 7 nitrogen and oxygen atoms in total. The van der Waals surface area contributed by atoms with Gasteiger partial charge in [0.1, 0.15) is 11.5 Å². The summed E-state index contributed by atoms with van der Waals surface area (Å²) in [6.07, 6.45) is 1.81. The third kappa shape index (κ3) is 4.62. The number of H-pyrrole nitrogens is 1. The standard InChI is InChI=1S/C33H35N3O4/c1-7-40-27-17-12-20(18-25(27)33(2,3)4)30(37)28-29(24-19-34-26-11-9-8-10-23(24)26)36(32(39)31(28)38)22-15-13-21(14-16-22)35(5)6/h8-19,29,34,37H,7H2,1-6H3/b30-28+. The number of Topliss-reactive ketones (excluding diaryl/α,β-unsaturated/α-hetero) is 1. The number of para-hydroxylation sites is 1. The zero-order valence-electron chi connectivity index (χ0n) is 23.8. The fourth-order valence-corrected chi connectivity index (χ4v) is 5.32. The van der Waals surface area contributed by atoms with Crippen molar-refractivity contribution in [3.8, 4) is 5.75 Å². The number of aromatic nitrogens is 1. The molecule has 5 rings (SSSR count). The van der Waals surface area contributed by atoms with Crippen molar-refractivity contribution >= 4 is 39.7 Å². The van der Waals surface area contributed by atoms with Crippen LogP contribution in [0.4, 0.5) is 11.4 Å². The van der Waals surface area contributed by atoms with E-state index in [1.54, 1.807) is 6.07 Å². The summed E-state index contributed by atoms with van der Waals surface area (Å²) in [6, 6.07) is 19.8. The Morgan fingerprint density at radius 3 is 2.38 bits per heavy atom. The van der Waals surface area contributed by atoms with E-state index in [1.807, 2.05) is 92.8 Å². The number of fused-ring (bicyclic) bond motifs is 1. The predicted molar refractivity (Wildman–Crippen MR) is 160 cm³/mol. The Bertz CT molecular complexity index is 1620. The number of nitrogens with zero attached hydrogens (tertiary/aromatic N) is 2. The van der Waals surface area contributed by atoms with Gasteiger partial charge in [-0.25, -0.2) is 0 Å². The second-order valence-corrected chi connectivity index (χ2v) is 11.3. The molecule has 1 atom stereocenters. The maximum Gasteiger partial charge on any atom is 0.300 e. The molecular formula is C33H35N3O4. The number of benzene rings is 3. The molecule has 0 bridgehead atoms. The van der Waals surface area contributed by atoms with Gasteiger partial charge >= 0.3 is 0 Å². The maximum absolute atomic E-state index is 13.7. The normalized spacial score (nSPS) is 17.1. The van der Waals surface area contributed by atoms with Gasteiger partial charge in [-0.1, -0.05) is 39.0 Å². The molecular weight excluding hydrogens is 502 g/mol. The van der Waals surface area contributed by atoms with Crippen LogP contribution >= 0.6 is 0 Å². The number of hydrogen-bond donors (Lipinski definition) is 2. The summed E-state index contributed by atoms with van der Waals surface area (Å²) >= 11 is 0. The number of nitrogens with one attached hydrogen (secondary N) is 1. The van der Waals surface area contributed by atoms with Crippen molar-refractivity contribution < 1.29 is 19.4 Å². The van der Waals surface area contributed by atoms with E-state index in [-0.39, 0.29) is 16.7 Å². The third-order valence-corrected chi connectivity index (χ3v) is 7.37. The van der Waals surface area contributed by atoms with Crippen molar-refractivity contribution in [3.63, 3.8) is 0 Å². The molecule has 1 unspecified atom stereocenters. The van der Waals surface area contributed by atoms with Crippen molar-refractivity contribution in [1.29, 1.82) is 0 Å². The lowest BCUT2D eigenvalue weighted by Crippen LogP contribution is -2.29. The van der Waals surface area contributed by atoms with Gasteiger partial charge in [-0.2, -0.15) is 0 Å². The van der Waals surface area contributed by atoms with Crippen LogP contribution in [0.3, 0.4) is 0 Å². The van der Waals surface area contributed by atoms with Crippen LogP contribution in [0.2, 0.25) is 0 Å². The van der Waals surface area contributed by atoms with E-state index in [1.165, 1.54) is 4.90 Å². The van der Waals surface area contributed by atoms with E-state index in [2.05, 4.69) is 25.8 Å². The van der Waals surface area contributed by atoms with E-state index >= 15 is 0 Å². The summed E-state index contributed by atoms with van der Waals surface area (Å²) < 4.78 is 5.86. The average molecular weight is 538 g/mol. The number of hydrogen-bond acceptors (Lipinski definition) is 5. The molecule has 40 heavy (non-hydrogen) atoms. The molecule has 0 saturated carbocycles. The van der Waals surface area contributed by atoms with Crippen molar-refractivity contribution in [1.82, 2.24) is 4.98 Å². The Hall–Kier alpha value is -4.52. The highest BCUT2D eigenvalue weighted by Gasteiger charge is 2.47. The van der Waals surface area contributed by atoms with Gasteiger partial charge in [-0.05, 0) is 60.9 Å². The monoisotopic (exact) mass is 537 g/mol. The molecule has 0 spiro atoms. The molecule has 3 aromatic carbocycles. The number of aliphatic hydroxyl groups excluding tert-OH is 1. The average Bonchev–Trinajstić information content (AvgIpc) is 3.46. The van der Waals surface area contributed by atoms with Gasteiger partial charge in [0.25, 0.3) is 11.7 Å². The largest absolute Gasteiger partial charge is 0.507 e. The molecule has 0 aliphatic carbocycles. The third-order valence-electron chi connectivity index (χ3n) is 7.37. The molecule has 0 radical (unpaired) electrons. The number of aromatic amines is 1. The summed E-state index contributed by atoms with van der Waals surface area (Å²) in [5.41, 5.74) is 4.27. The Morgan fingerprint density at radius 2 is 1.73 bits per heavy atom. The Balaban J connectivity index is 1.74. The first-order chi connectivity index (χ1) is 19.0. The van der Waals surface area contributed by atoms with Crippen LogP contribution in [0.1, 0.15) is 50.4 Å². The zero-order chi connectivity index (χ0) is 28.8. The minimum Gasteiger partial charge on any atom is -0.507 e. The molecule has 206 valence electrons. The molecule has 1 fully saturated rings. The van der Waals surface area contributed by atoms with Crippen molar-refractivity contribution in [3.05, 3.63) is 95.2 Å². The molecule has 2 N–H and O–H groups in total. The van der Waals surface area contributed by atoms with Crippen LogP contribution in [0, 0.1) is 0 Å². The Kier molecular flexibility index (Phi) is 6.92. The van der Waals surface area contributed by atoms with Crippen LogP contribution < -0.4 is 14.5 Å². The highest BCUT2D eigenvalue weighted by Crippen LogP contribution is 2.45. The van der Waals surface area contributed by atoms with Crippen LogP contribution in [0.15, 0.2) is 78.5 Å². The quantitative estimate of drug-likeness (QED) is 0.165. The van der Waals surface area contributed by atoms with Gasteiger partial charge < -0.3 is 19.7 Å². The summed E-state index contributed by atoms with van der Waals surface area (Å²) in [4.78, 5) is 34.1. The number of carbonyl (C=O) groups excluding carboxylic acids is 2. The van der Waals surface area contributed by atoms with Crippen LogP contribution in [-0.2, 0) is 15.0 Å². The van der Waals surface area contributed by atoms with Crippen LogP contribution in [0.5, 0.6) is 5.75 Å². The van der Waals surface area contributed by atoms with Gasteiger partial charge in [0.05, 0.1) is 18.2 Å². The SMILES string of the molecule is CCOc1ccc(/C(O)=C2\C(=O)C(=O)N(c3ccc(N(C)C)cc3)C2c2c[nH]c3ccccc23)cc1C(C)(C)C. The van der Waals surface area contributed by atoms with Crippen molar-refractivity contribution in [2.75, 3.05) is 30.5 Å². The number of amides is 1. The highest BCUT2D eigenvalue weighted by molar-refractivity contribution is 6.52. The Morgan fingerprint density at radius 1 is 1.02 bits per heavy atom. The van der Waals surface area contributed by atoms with E-state index in [9.17, 15) is 14.7 Å². The smallest absolute Gasteiger partial charge is 0.300 e. The van der Waals surface area contributed by atoms with E-state index in [4.69, 9.17) is 4.74 Å². The van der Waals surface area contributed by atoms with Gasteiger partial charge in [0, 0.05) is 59.3 Å². The topological polar surface area (TPSA) is 85.9 Å². The van der Waals surface area contributed by atoms with Gasteiger partial charge in [-0.15, -0.1) is 0 Å². The molecule has 4 aromatic rings. The number of rotatable bonds is 6. The first-order valence-corrected chi connectivity index (χ1v) is 13.4. The number of anilines is 2. The summed E-state index contributed by atoms with van der Waals surface area (Å²) in [6.45, 7) is 8.63. The molecule has 1 aromatic heterocycles. The van der Waals surface area contributed by atoms with Gasteiger partial charge in [0.2, 0.25) is 0 Å². The lowest BCUT2D eigenvalue weighted by Gasteiger charge is -2.26. The molecule has 2 heterocycles. The number of ether oxygens (including phenoxy) is 1. The van der Waals surface area contributed by atoms with Gasteiger partial charge in [0.15, 0.2) is 0 Å². The van der Waals surface area contributed by atoms with Crippen LogP contribution in [0.25, 0.3) is 16.7 Å². The second-order valence-electron chi connectivity index (χ2n) is 11.3. The zero-order valence-corrected chi connectivity index (χ0v) is 23.8. The van der Waals surface area contributed by atoms with Crippen molar-refractivity contribution in [2.45, 2.75) is 39.2 Å².